The molecule has 2 atom stereocenters. The Hall–Kier alpha value is -1.88. The predicted octanol–water partition coefficient (Wildman–Crippen LogP) is 0.886. The number of nitrogens with zero attached hydrogens (tertiary/aromatic N) is 1. The van der Waals surface area contributed by atoms with Gasteiger partial charge in [-0.15, -0.1) is 0 Å². The summed E-state index contributed by atoms with van der Waals surface area (Å²) in [5, 5.41) is 3.41. The number of carbonyl (C=O) groups is 2. The van der Waals surface area contributed by atoms with Crippen LogP contribution in [-0.4, -0.2) is 35.8 Å². The Kier molecular flexibility index (Phi) is 3.92. The highest BCUT2D eigenvalue weighted by atomic mass is 16.2. The second kappa shape index (κ2) is 5.85. The number of piperidine rings is 2. The fourth-order valence-electron chi connectivity index (χ4n) is 3.48. The standard InChI is InChI=1S/C16H21N3O2/c17-16(21)12-3-1-2-11(8-12)10-19-14-6-7-18-9-13(14)4-5-15(19)20/h1-3,8,13-14,18H,4-7,9-10H2,(H2,17,21). The van der Waals surface area contributed by atoms with Gasteiger partial charge in [0, 0.05) is 24.6 Å². The lowest BCUT2D eigenvalue weighted by atomic mass is 9.84. The molecule has 2 unspecified atom stereocenters. The Labute approximate surface area is 124 Å². The summed E-state index contributed by atoms with van der Waals surface area (Å²) < 4.78 is 0. The van der Waals surface area contributed by atoms with Gasteiger partial charge in [0.15, 0.2) is 0 Å². The van der Waals surface area contributed by atoms with Crippen molar-refractivity contribution in [3.05, 3.63) is 35.4 Å². The molecule has 0 saturated carbocycles. The van der Waals surface area contributed by atoms with Crippen LogP contribution < -0.4 is 11.1 Å². The van der Waals surface area contributed by atoms with Crippen LogP contribution in [0.25, 0.3) is 0 Å². The topological polar surface area (TPSA) is 75.4 Å². The van der Waals surface area contributed by atoms with Crippen LogP contribution in [0.15, 0.2) is 24.3 Å². The second-order valence-corrected chi connectivity index (χ2v) is 5.95. The van der Waals surface area contributed by atoms with Crippen molar-refractivity contribution >= 4 is 11.8 Å². The maximum absolute atomic E-state index is 12.3. The van der Waals surface area contributed by atoms with Crippen LogP contribution in [0.2, 0.25) is 0 Å². The Morgan fingerprint density at radius 1 is 1.38 bits per heavy atom. The van der Waals surface area contributed by atoms with Crippen molar-refractivity contribution in [2.75, 3.05) is 13.1 Å². The van der Waals surface area contributed by atoms with Gasteiger partial charge >= 0.3 is 0 Å². The molecule has 0 aliphatic carbocycles. The van der Waals surface area contributed by atoms with Gasteiger partial charge < -0.3 is 16.0 Å². The molecule has 2 aliphatic rings. The van der Waals surface area contributed by atoms with Crippen molar-refractivity contribution in [1.82, 2.24) is 10.2 Å². The highest BCUT2D eigenvalue weighted by Gasteiger charge is 2.36. The van der Waals surface area contributed by atoms with Gasteiger partial charge in [0.05, 0.1) is 0 Å². The number of carbonyl (C=O) groups excluding carboxylic acids is 2. The summed E-state index contributed by atoms with van der Waals surface area (Å²) in [6.45, 7) is 2.53. The lowest BCUT2D eigenvalue weighted by Gasteiger charge is -2.44. The summed E-state index contributed by atoms with van der Waals surface area (Å²) in [4.78, 5) is 25.6. The third kappa shape index (κ3) is 2.93. The zero-order valence-corrected chi connectivity index (χ0v) is 12.0. The molecule has 21 heavy (non-hydrogen) atoms. The maximum atomic E-state index is 12.3. The summed E-state index contributed by atoms with van der Waals surface area (Å²) in [6.07, 6.45) is 2.61. The minimum absolute atomic E-state index is 0.225. The number of benzene rings is 1. The van der Waals surface area contributed by atoms with Crippen molar-refractivity contribution < 1.29 is 9.59 Å². The summed E-state index contributed by atoms with van der Waals surface area (Å²) in [5.41, 5.74) is 6.79. The van der Waals surface area contributed by atoms with Gasteiger partial charge in [0.1, 0.15) is 0 Å². The first-order valence-electron chi connectivity index (χ1n) is 7.54. The molecule has 0 radical (unpaired) electrons. The number of fused-ring (bicyclic) bond motifs is 1. The van der Waals surface area contributed by atoms with E-state index in [9.17, 15) is 9.59 Å². The van der Waals surface area contributed by atoms with E-state index in [0.717, 1.165) is 31.5 Å². The number of nitrogens with two attached hydrogens (primary N) is 1. The van der Waals surface area contributed by atoms with E-state index in [2.05, 4.69) is 5.32 Å². The van der Waals surface area contributed by atoms with Crippen LogP contribution in [0.1, 0.15) is 35.2 Å². The highest BCUT2D eigenvalue weighted by Crippen LogP contribution is 2.29. The number of nitrogens with one attached hydrogen (secondary N) is 1. The Morgan fingerprint density at radius 2 is 2.24 bits per heavy atom. The zero-order chi connectivity index (χ0) is 14.8. The summed E-state index contributed by atoms with van der Waals surface area (Å²) >= 11 is 0. The molecule has 0 aromatic heterocycles. The fourth-order valence-corrected chi connectivity index (χ4v) is 3.48. The number of likely N-dealkylation sites (tertiary alicyclic amines) is 1. The first-order valence-corrected chi connectivity index (χ1v) is 7.54. The van der Waals surface area contributed by atoms with Crippen LogP contribution in [0, 0.1) is 5.92 Å². The molecule has 2 fully saturated rings. The molecule has 2 aliphatic heterocycles. The van der Waals surface area contributed by atoms with Gasteiger partial charge in [-0.3, -0.25) is 9.59 Å². The van der Waals surface area contributed by atoms with Gasteiger partial charge in [-0.2, -0.15) is 0 Å². The number of amides is 2. The number of hydrogen-bond acceptors (Lipinski definition) is 3. The van der Waals surface area contributed by atoms with Crippen LogP contribution >= 0.6 is 0 Å². The van der Waals surface area contributed by atoms with Crippen LogP contribution in [0.3, 0.4) is 0 Å². The van der Waals surface area contributed by atoms with Crippen LogP contribution in [0.4, 0.5) is 0 Å². The summed E-state index contributed by atoms with van der Waals surface area (Å²) in [7, 11) is 0. The molecule has 0 bridgehead atoms. The smallest absolute Gasteiger partial charge is 0.248 e. The molecule has 5 heteroatoms. The quantitative estimate of drug-likeness (QED) is 0.867. The van der Waals surface area contributed by atoms with Crippen molar-refractivity contribution in [2.24, 2.45) is 11.7 Å². The maximum Gasteiger partial charge on any atom is 0.248 e. The molecule has 1 aromatic carbocycles. The molecular weight excluding hydrogens is 266 g/mol. The van der Waals surface area contributed by atoms with E-state index >= 15 is 0 Å². The molecule has 3 rings (SSSR count). The van der Waals surface area contributed by atoms with Gasteiger partial charge in [-0.05, 0) is 49.5 Å². The first-order chi connectivity index (χ1) is 10.1. The zero-order valence-electron chi connectivity index (χ0n) is 12.0. The van der Waals surface area contributed by atoms with Crippen LogP contribution in [-0.2, 0) is 11.3 Å². The lowest BCUT2D eigenvalue weighted by Crippen LogP contribution is -2.54. The van der Waals surface area contributed by atoms with E-state index in [-0.39, 0.29) is 5.91 Å². The van der Waals surface area contributed by atoms with E-state index in [4.69, 9.17) is 5.73 Å². The Morgan fingerprint density at radius 3 is 3.05 bits per heavy atom. The van der Waals surface area contributed by atoms with Crippen LogP contribution in [0.5, 0.6) is 0 Å². The minimum atomic E-state index is -0.429. The summed E-state index contributed by atoms with van der Waals surface area (Å²) in [5.74, 6) is 0.347. The van der Waals surface area contributed by atoms with Gasteiger partial charge in [-0.25, -0.2) is 0 Å². The van der Waals surface area contributed by atoms with Gasteiger partial charge in [0.25, 0.3) is 0 Å². The molecular formula is C16H21N3O2. The van der Waals surface area contributed by atoms with E-state index < -0.39 is 5.91 Å². The SMILES string of the molecule is NC(=O)c1cccc(CN2C(=O)CCC3CNCCC32)c1. The molecule has 2 heterocycles. The molecule has 1 aromatic rings. The predicted molar refractivity (Wildman–Crippen MR) is 79.5 cm³/mol. The van der Waals surface area contributed by atoms with Crippen molar-refractivity contribution in [3.63, 3.8) is 0 Å². The fraction of sp³-hybridized carbons (Fsp3) is 0.500. The summed E-state index contributed by atoms with van der Waals surface area (Å²) in [6, 6.07) is 7.59. The molecule has 5 nitrogen and oxygen atoms in total. The first kappa shape index (κ1) is 14.1. The van der Waals surface area contributed by atoms with E-state index in [1.54, 1.807) is 12.1 Å². The normalized spacial score (nSPS) is 25.5. The van der Waals surface area contributed by atoms with E-state index in [1.165, 1.54) is 0 Å². The third-order valence-electron chi connectivity index (χ3n) is 4.58. The average molecular weight is 287 g/mol. The van der Waals surface area contributed by atoms with E-state index in [0.29, 0.717) is 30.5 Å². The molecule has 2 saturated heterocycles. The van der Waals surface area contributed by atoms with Gasteiger partial charge in [0.2, 0.25) is 11.8 Å². The van der Waals surface area contributed by atoms with Gasteiger partial charge in [-0.1, -0.05) is 12.1 Å². The third-order valence-corrected chi connectivity index (χ3v) is 4.58. The molecule has 3 N–H and O–H groups in total. The number of primary amides is 1. The molecule has 2 amide bonds. The van der Waals surface area contributed by atoms with Crippen molar-refractivity contribution in [3.8, 4) is 0 Å². The molecule has 112 valence electrons. The minimum Gasteiger partial charge on any atom is -0.366 e. The Balaban J connectivity index is 1.79. The number of rotatable bonds is 3. The largest absolute Gasteiger partial charge is 0.366 e. The lowest BCUT2D eigenvalue weighted by molar-refractivity contribution is -0.140. The Bertz CT molecular complexity index is 558. The van der Waals surface area contributed by atoms with Crippen molar-refractivity contribution in [1.29, 1.82) is 0 Å². The highest BCUT2D eigenvalue weighted by molar-refractivity contribution is 5.92. The molecule has 0 spiro atoms. The monoisotopic (exact) mass is 287 g/mol. The average Bonchev–Trinajstić information content (AvgIpc) is 2.50. The number of hydrogen-bond donors (Lipinski definition) is 2. The van der Waals surface area contributed by atoms with Crippen molar-refractivity contribution in [2.45, 2.75) is 31.8 Å². The van der Waals surface area contributed by atoms with E-state index in [1.807, 2.05) is 17.0 Å². The second-order valence-electron chi connectivity index (χ2n) is 5.95.